The molecular formula is C27H39N9O3. The number of carbonyl (C=O) groups is 3. The van der Waals surface area contributed by atoms with Gasteiger partial charge in [0, 0.05) is 24.5 Å². The third-order valence-corrected chi connectivity index (χ3v) is 6.13. The van der Waals surface area contributed by atoms with Crippen molar-refractivity contribution >= 4 is 29.5 Å². The number of amides is 3. The van der Waals surface area contributed by atoms with Gasteiger partial charge >= 0.3 is 0 Å². The molecule has 2 rings (SSSR count). The van der Waals surface area contributed by atoms with Crippen molar-refractivity contribution in [1.29, 1.82) is 5.41 Å². The van der Waals surface area contributed by atoms with Crippen LogP contribution in [0.2, 0.25) is 0 Å². The maximum absolute atomic E-state index is 13.7. The van der Waals surface area contributed by atoms with Gasteiger partial charge in [0.15, 0.2) is 5.96 Å². The first-order valence-corrected chi connectivity index (χ1v) is 12.6. The highest BCUT2D eigenvalue weighted by atomic mass is 16.2. The number of pyridine rings is 1. The summed E-state index contributed by atoms with van der Waals surface area (Å²) in [6.45, 7) is 5.72. The van der Waals surface area contributed by atoms with Gasteiger partial charge in [-0.2, -0.15) is 0 Å². The summed E-state index contributed by atoms with van der Waals surface area (Å²) in [5, 5.41) is 13.2. The molecule has 12 heteroatoms. The molecule has 0 radical (unpaired) electrons. The number of nitrogen functional groups attached to an aromatic ring is 1. The highest BCUT2D eigenvalue weighted by Crippen LogP contribution is 2.25. The molecule has 0 aliphatic carbocycles. The molecule has 3 atom stereocenters. The number of aliphatic imine (C=N–C) groups is 1. The molecule has 2 aromatic rings. The summed E-state index contributed by atoms with van der Waals surface area (Å²) in [5.41, 5.74) is 23.1. The molecule has 1 unspecified atom stereocenters. The van der Waals surface area contributed by atoms with Crippen LogP contribution in [-0.4, -0.2) is 53.1 Å². The molecule has 39 heavy (non-hydrogen) atoms. The van der Waals surface area contributed by atoms with Gasteiger partial charge < -0.3 is 33.6 Å². The van der Waals surface area contributed by atoms with E-state index in [1.807, 2.05) is 20.8 Å². The smallest absolute Gasteiger partial charge is 0.243 e. The van der Waals surface area contributed by atoms with Gasteiger partial charge in [-0.25, -0.2) is 0 Å². The number of primary amides is 1. The molecule has 0 saturated carbocycles. The van der Waals surface area contributed by atoms with Crippen LogP contribution < -0.4 is 33.6 Å². The number of carbonyl (C=O) groups excluding carboxylic acids is 3. The van der Waals surface area contributed by atoms with Crippen LogP contribution in [0.15, 0.2) is 53.8 Å². The summed E-state index contributed by atoms with van der Waals surface area (Å²) in [6.07, 6.45) is 4.20. The average Bonchev–Trinajstić information content (AvgIpc) is 2.87. The summed E-state index contributed by atoms with van der Waals surface area (Å²) >= 11 is 0. The number of aromatic nitrogens is 1. The number of nitrogens with one attached hydrogen (secondary N) is 3. The molecule has 11 N–H and O–H groups in total. The van der Waals surface area contributed by atoms with Crippen molar-refractivity contribution in [3.63, 3.8) is 0 Å². The first-order valence-electron chi connectivity index (χ1n) is 12.6. The normalized spacial score (nSPS) is 13.4. The summed E-state index contributed by atoms with van der Waals surface area (Å²) < 4.78 is 0. The highest BCUT2D eigenvalue weighted by molar-refractivity contribution is 5.95. The standard InChI is InChI=1S/C27H39N9O3/c1-27(2,3)21(25(39)35-20(23(30)37)7-5-13-34-26(31)32)36-24(38)19(18-6-4-12-33-15-18)14-16-8-10-17(11-9-16)22(28)29/h4,6,8-12,15,19-21H,5,7,13-14H2,1-3H3,(H3,28,29)(H2,30,37)(H,35,39)(H,36,38)(H4,31,32,34)/t19?,20-,21+/m0/s1. The second-order valence-corrected chi connectivity index (χ2v) is 10.4. The lowest BCUT2D eigenvalue weighted by molar-refractivity contribution is -0.134. The van der Waals surface area contributed by atoms with Gasteiger partial charge in [0.1, 0.15) is 17.9 Å². The van der Waals surface area contributed by atoms with E-state index in [2.05, 4.69) is 20.6 Å². The first kappa shape index (κ1) is 30.7. The minimum absolute atomic E-state index is 0.0485. The van der Waals surface area contributed by atoms with Crippen LogP contribution in [0.4, 0.5) is 0 Å². The average molecular weight is 538 g/mol. The molecule has 1 aromatic carbocycles. The fraction of sp³-hybridized carbons (Fsp3) is 0.407. The predicted octanol–water partition coefficient (Wildman–Crippen LogP) is 0.247. The van der Waals surface area contributed by atoms with Gasteiger partial charge in [-0.3, -0.25) is 29.8 Å². The third-order valence-electron chi connectivity index (χ3n) is 6.13. The molecule has 1 heterocycles. The van der Waals surface area contributed by atoms with E-state index in [4.69, 9.17) is 28.3 Å². The Morgan fingerprint density at radius 2 is 1.67 bits per heavy atom. The quantitative estimate of drug-likeness (QED) is 0.107. The maximum Gasteiger partial charge on any atom is 0.243 e. The monoisotopic (exact) mass is 537 g/mol. The number of rotatable bonds is 13. The zero-order valence-corrected chi connectivity index (χ0v) is 22.6. The minimum atomic E-state index is -0.969. The predicted molar refractivity (Wildman–Crippen MR) is 151 cm³/mol. The van der Waals surface area contributed by atoms with E-state index in [0.29, 0.717) is 24.0 Å². The third kappa shape index (κ3) is 9.72. The van der Waals surface area contributed by atoms with Crippen LogP contribution in [0.5, 0.6) is 0 Å². The van der Waals surface area contributed by atoms with Gasteiger partial charge in [0.05, 0.1) is 5.92 Å². The maximum atomic E-state index is 13.7. The van der Waals surface area contributed by atoms with E-state index in [0.717, 1.165) is 5.56 Å². The van der Waals surface area contributed by atoms with Crippen LogP contribution in [0, 0.1) is 10.8 Å². The van der Waals surface area contributed by atoms with Crippen molar-refractivity contribution in [1.82, 2.24) is 15.6 Å². The van der Waals surface area contributed by atoms with E-state index >= 15 is 0 Å². The van der Waals surface area contributed by atoms with Crippen LogP contribution in [0.1, 0.15) is 56.2 Å². The number of benzene rings is 1. The van der Waals surface area contributed by atoms with Crippen molar-refractivity contribution in [2.24, 2.45) is 33.3 Å². The van der Waals surface area contributed by atoms with Crippen LogP contribution in [0.25, 0.3) is 0 Å². The zero-order valence-electron chi connectivity index (χ0n) is 22.6. The van der Waals surface area contributed by atoms with Gasteiger partial charge in [-0.1, -0.05) is 51.1 Å². The first-order chi connectivity index (χ1) is 18.3. The Balaban J connectivity index is 2.25. The number of nitrogens with two attached hydrogens (primary N) is 4. The Labute approximate surface area is 228 Å². The van der Waals surface area contributed by atoms with Gasteiger partial charge in [0.25, 0.3) is 0 Å². The summed E-state index contributed by atoms with van der Waals surface area (Å²) in [4.78, 5) is 47.1. The Kier molecular flexibility index (Phi) is 10.9. The summed E-state index contributed by atoms with van der Waals surface area (Å²) in [7, 11) is 0. The highest BCUT2D eigenvalue weighted by Gasteiger charge is 2.36. The van der Waals surface area contributed by atoms with Crippen LogP contribution in [-0.2, 0) is 20.8 Å². The second-order valence-electron chi connectivity index (χ2n) is 10.4. The van der Waals surface area contributed by atoms with Crippen molar-refractivity contribution in [3.8, 4) is 0 Å². The second kappa shape index (κ2) is 13.9. The SMILES string of the molecule is CC(C)(C)[C@H](NC(=O)C(Cc1ccc(C(=N)N)cc1)c1cccnc1)C(=O)N[C@@H](CCCN=C(N)N)C(N)=O. The lowest BCUT2D eigenvalue weighted by Gasteiger charge is -2.33. The number of nitrogens with zero attached hydrogens (tertiary/aromatic N) is 2. The van der Waals surface area contributed by atoms with Crippen LogP contribution >= 0.6 is 0 Å². The lowest BCUT2D eigenvalue weighted by Crippen LogP contribution is -2.58. The number of hydrogen-bond donors (Lipinski definition) is 7. The molecule has 0 aliphatic heterocycles. The van der Waals surface area contributed by atoms with Crippen molar-refractivity contribution in [3.05, 3.63) is 65.5 Å². The molecule has 0 spiro atoms. The Morgan fingerprint density at radius 1 is 1.00 bits per heavy atom. The Bertz CT molecular complexity index is 1170. The molecular weight excluding hydrogens is 498 g/mol. The number of amidine groups is 1. The van der Waals surface area contributed by atoms with E-state index in [-0.39, 0.29) is 30.7 Å². The minimum Gasteiger partial charge on any atom is -0.384 e. The Hall–Kier alpha value is -4.48. The molecule has 12 nitrogen and oxygen atoms in total. The Morgan fingerprint density at radius 3 is 2.18 bits per heavy atom. The topological polar surface area (TPSA) is 228 Å². The molecule has 0 saturated heterocycles. The largest absolute Gasteiger partial charge is 0.384 e. The number of hydrogen-bond acceptors (Lipinski definition) is 6. The number of guanidine groups is 1. The van der Waals surface area contributed by atoms with E-state index in [1.54, 1.807) is 48.8 Å². The van der Waals surface area contributed by atoms with Gasteiger partial charge in [0.2, 0.25) is 17.7 Å². The van der Waals surface area contributed by atoms with Crippen molar-refractivity contribution in [2.75, 3.05) is 6.54 Å². The molecule has 3 amide bonds. The summed E-state index contributed by atoms with van der Waals surface area (Å²) in [6, 6.07) is 8.67. The van der Waals surface area contributed by atoms with Crippen molar-refractivity contribution in [2.45, 2.75) is 58.0 Å². The van der Waals surface area contributed by atoms with E-state index in [9.17, 15) is 14.4 Å². The zero-order chi connectivity index (χ0) is 29.2. The molecule has 1 aromatic heterocycles. The molecule has 0 bridgehead atoms. The fourth-order valence-corrected chi connectivity index (χ4v) is 3.96. The van der Waals surface area contributed by atoms with Gasteiger partial charge in [-0.05, 0) is 41.9 Å². The van der Waals surface area contributed by atoms with E-state index in [1.165, 1.54) is 0 Å². The fourth-order valence-electron chi connectivity index (χ4n) is 3.96. The summed E-state index contributed by atoms with van der Waals surface area (Å²) in [5.74, 6) is -2.38. The lowest BCUT2D eigenvalue weighted by atomic mass is 9.84. The van der Waals surface area contributed by atoms with E-state index < -0.39 is 35.2 Å². The molecule has 0 fully saturated rings. The van der Waals surface area contributed by atoms with Crippen molar-refractivity contribution < 1.29 is 14.4 Å². The molecule has 210 valence electrons. The van der Waals surface area contributed by atoms with Crippen LogP contribution in [0.3, 0.4) is 0 Å². The van der Waals surface area contributed by atoms with Gasteiger partial charge in [-0.15, -0.1) is 0 Å². The molecule has 0 aliphatic rings.